The van der Waals surface area contributed by atoms with E-state index in [0.29, 0.717) is 0 Å². The van der Waals surface area contributed by atoms with Crippen LogP contribution in [0.2, 0.25) is 0 Å². The molecule has 5 nitrogen and oxygen atoms in total. The molecular weight excluding hydrogens is 216 g/mol. The van der Waals surface area contributed by atoms with Crippen LogP contribution in [0.1, 0.15) is 0 Å². The number of quaternary nitrogens is 1. The predicted octanol–water partition coefficient (Wildman–Crippen LogP) is -0.964. The van der Waals surface area contributed by atoms with Gasteiger partial charge < -0.3 is 15.3 Å². The van der Waals surface area contributed by atoms with Crippen LogP contribution in [0.25, 0.3) is 0 Å². The normalized spacial score (nSPS) is 8.29. The molecule has 0 saturated heterocycles. The third kappa shape index (κ3) is 541. The van der Waals surface area contributed by atoms with Gasteiger partial charge in [0.1, 0.15) is 0 Å². The maximum atomic E-state index is 8.52. The van der Waals surface area contributed by atoms with Crippen LogP contribution in [0.4, 0.5) is 0 Å². The fourth-order valence-corrected chi connectivity index (χ4v) is 0. The van der Waals surface area contributed by atoms with E-state index in [1.54, 1.807) is 0 Å². The molecule has 7 heteroatoms. The predicted molar refractivity (Wildman–Crippen MR) is 16.5 cm³/mol. The smallest absolute Gasteiger partial charge is 0.0311 e. The van der Waals surface area contributed by atoms with Crippen molar-refractivity contribution < 1.29 is 37.9 Å². The molecular formula is H4NO4PdS-. The molecule has 0 rings (SSSR count). The Kier molecular flexibility index (Phi) is 10.4. The molecule has 50 valence electrons. The topological polar surface area (TPSA) is 117 Å². The summed E-state index contributed by atoms with van der Waals surface area (Å²) in [7, 11) is -5.17. The summed E-state index contributed by atoms with van der Waals surface area (Å²) in [6.45, 7) is 0. The largest absolute Gasteiger partial charge is 0.759 e. The van der Waals surface area contributed by atoms with Crippen molar-refractivity contribution in [3.05, 3.63) is 0 Å². The molecule has 0 amide bonds. The molecule has 7 heavy (non-hydrogen) atoms. The minimum absolute atomic E-state index is 0. The van der Waals surface area contributed by atoms with E-state index in [9.17, 15) is 0 Å². The second kappa shape index (κ2) is 4.65. The molecule has 0 spiro atoms. The van der Waals surface area contributed by atoms with Gasteiger partial charge in [0, 0.05) is 30.8 Å². The summed E-state index contributed by atoms with van der Waals surface area (Å²) < 4.78 is 34.1. The number of rotatable bonds is 0. The Bertz CT molecular complexity index is 94.9. The first-order valence-electron chi connectivity index (χ1n) is 0.667. The summed E-state index contributed by atoms with van der Waals surface area (Å²) in [6, 6.07) is 0. The van der Waals surface area contributed by atoms with Crippen molar-refractivity contribution in [2.24, 2.45) is 0 Å². The Hall–Kier alpha value is 0.492. The second-order valence-corrected chi connectivity index (χ2v) is 1.22. The summed E-state index contributed by atoms with van der Waals surface area (Å²) in [5, 5.41) is 0. The van der Waals surface area contributed by atoms with Gasteiger partial charge in [0.2, 0.25) is 0 Å². The van der Waals surface area contributed by atoms with Crippen LogP contribution in [0.3, 0.4) is 0 Å². The average Bonchev–Trinajstić information content (AvgIpc) is 0.722. The second-order valence-electron chi connectivity index (χ2n) is 0.408. The molecule has 4 N–H and O–H groups in total. The van der Waals surface area contributed by atoms with Crippen molar-refractivity contribution >= 4 is 10.4 Å². The van der Waals surface area contributed by atoms with Crippen molar-refractivity contribution in [3.63, 3.8) is 0 Å². The Morgan fingerprint density at radius 1 is 1.14 bits per heavy atom. The fourth-order valence-electron chi connectivity index (χ4n) is 0. The van der Waals surface area contributed by atoms with E-state index in [2.05, 4.69) is 0 Å². The van der Waals surface area contributed by atoms with Crippen LogP contribution in [0.15, 0.2) is 0 Å². The molecule has 0 aromatic rings. The van der Waals surface area contributed by atoms with Crippen molar-refractivity contribution in [3.8, 4) is 0 Å². The zero-order valence-corrected chi connectivity index (χ0v) is 5.73. The van der Waals surface area contributed by atoms with Crippen molar-refractivity contribution in [1.82, 2.24) is 6.15 Å². The van der Waals surface area contributed by atoms with Crippen LogP contribution in [-0.4, -0.2) is 17.5 Å². The maximum absolute atomic E-state index is 8.52. The summed E-state index contributed by atoms with van der Waals surface area (Å²) in [4.78, 5) is 0. The monoisotopic (exact) mass is 220 g/mol. The molecule has 0 atom stereocenters. The van der Waals surface area contributed by atoms with Gasteiger partial charge in [-0.25, -0.2) is 0 Å². The minimum atomic E-state index is -5.17. The Morgan fingerprint density at radius 3 is 1.14 bits per heavy atom. The molecule has 0 heterocycles. The van der Waals surface area contributed by atoms with E-state index in [-0.39, 0.29) is 26.6 Å². The molecule has 0 aliphatic carbocycles. The Balaban J connectivity index is -0.0000000800. The molecule has 0 radical (unpaired) electrons. The van der Waals surface area contributed by atoms with Gasteiger partial charge in [-0.05, 0) is 0 Å². The van der Waals surface area contributed by atoms with Crippen LogP contribution in [0.5, 0.6) is 0 Å². The average molecular weight is 221 g/mol. The van der Waals surface area contributed by atoms with E-state index in [1.807, 2.05) is 0 Å². The third-order valence-corrected chi connectivity index (χ3v) is 0. The van der Waals surface area contributed by atoms with Crippen LogP contribution in [-0.2, 0) is 30.8 Å². The molecule has 0 bridgehead atoms. The van der Waals surface area contributed by atoms with Gasteiger partial charge in [-0.2, -0.15) is 0 Å². The first kappa shape index (κ1) is 15.6. The van der Waals surface area contributed by atoms with Gasteiger partial charge in [0.15, 0.2) is 0 Å². The molecule has 0 unspecified atom stereocenters. The number of hydrogen-bond acceptors (Lipinski definition) is 4. The third-order valence-electron chi connectivity index (χ3n) is 0. The first-order chi connectivity index (χ1) is 2.00. The molecule has 0 aliphatic rings. The Labute approximate surface area is 54.9 Å². The van der Waals surface area contributed by atoms with Gasteiger partial charge in [-0.1, -0.05) is 0 Å². The van der Waals surface area contributed by atoms with Crippen molar-refractivity contribution in [2.45, 2.75) is 0 Å². The molecule has 0 saturated carbocycles. The van der Waals surface area contributed by atoms with E-state index < -0.39 is 10.4 Å². The standard InChI is InChI=1S/H3N.H2O4S.Pd/c;1-5(2,3)4;/h1H3;(H2,1,2,3,4);/p-1. The molecule has 0 aliphatic heterocycles. The van der Waals surface area contributed by atoms with Gasteiger partial charge in [-0.3, -0.25) is 8.42 Å². The van der Waals surface area contributed by atoms with E-state index in [1.165, 1.54) is 0 Å². The van der Waals surface area contributed by atoms with E-state index in [0.717, 1.165) is 0 Å². The SMILES string of the molecule is O=S(=O)([O-])[O-].[NH4+].[Pd]. The van der Waals surface area contributed by atoms with Crippen LogP contribution >= 0.6 is 0 Å². The van der Waals surface area contributed by atoms with Crippen LogP contribution < -0.4 is 6.15 Å². The van der Waals surface area contributed by atoms with Gasteiger partial charge in [0.05, 0.1) is 0 Å². The van der Waals surface area contributed by atoms with Crippen LogP contribution in [0, 0.1) is 0 Å². The number of hydrogen-bond donors (Lipinski definition) is 1. The summed E-state index contributed by atoms with van der Waals surface area (Å²) in [6.07, 6.45) is 0. The van der Waals surface area contributed by atoms with Gasteiger partial charge >= 0.3 is 0 Å². The molecule has 0 aromatic heterocycles. The minimum Gasteiger partial charge on any atom is -0.759 e. The summed E-state index contributed by atoms with van der Waals surface area (Å²) >= 11 is 0. The quantitative estimate of drug-likeness (QED) is 0.321. The van der Waals surface area contributed by atoms with Crippen molar-refractivity contribution in [1.29, 1.82) is 0 Å². The maximum Gasteiger partial charge on any atom is 0.0311 e. The zero-order chi connectivity index (χ0) is 4.50. The van der Waals surface area contributed by atoms with Gasteiger partial charge in [0.25, 0.3) is 0 Å². The van der Waals surface area contributed by atoms with Crippen molar-refractivity contribution in [2.75, 3.05) is 0 Å². The van der Waals surface area contributed by atoms with E-state index in [4.69, 9.17) is 17.5 Å². The summed E-state index contributed by atoms with van der Waals surface area (Å²) in [5.74, 6) is 0. The molecule has 0 aromatic carbocycles. The summed E-state index contributed by atoms with van der Waals surface area (Å²) in [5.41, 5.74) is 0. The molecule has 0 fully saturated rings. The Morgan fingerprint density at radius 2 is 1.14 bits per heavy atom. The zero-order valence-electron chi connectivity index (χ0n) is 3.36. The fraction of sp³-hybridized carbons (Fsp3) is 0. The van der Waals surface area contributed by atoms with E-state index >= 15 is 0 Å². The van der Waals surface area contributed by atoms with Gasteiger partial charge in [-0.15, -0.1) is 0 Å². The first-order valence-corrected chi connectivity index (χ1v) is 2.00.